The third kappa shape index (κ3) is 7.70. The summed E-state index contributed by atoms with van der Waals surface area (Å²) < 4.78 is 13.2. The van der Waals surface area contributed by atoms with Crippen LogP contribution in [0.2, 0.25) is 5.02 Å². The highest BCUT2D eigenvalue weighted by Crippen LogP contribution is 2.65. The molecule has 3 saturated carbocycles. The number of nitrogens with zero attached hydrogens (tertiary/aromatic N) is 2. The quantitative estimate of drug-likeness (QED) is 0.0702. The summed E-state index contributed by atoms with van der Waals surface area (Å²) in [5, 5.41) is 13.5. The molecule has 1 heterocycles. The molecule has 13 heteroatoms. The smallest absolute Gasteiger partial charge is 0.404 e. The van der Waals surface area contributed by atoms with Crippen molar-refractivity contribution in [2.24, 2.45) is 39.8 Å². The highest BCUT2D eigenvalue weighted by atomic mass is 35.5. The Hall–Kier alpha value is -2.70. The third-order valence-electron chi connectivity index (χ3n) is 9.74. The largest absolute Gasteiger partial charge is 0.481 e. The van der Waals surface area contributed by atoms with E-state index in [1.54, 1.807) is 23.6 Å². The molecular formula is C30H45BClN5O6. The van der Waals surface area contributed by atoms with Crippen molar-refractivity contribution in [2.45, 2.75) is 97.2 Å². The topological polar surface area (TPSA) is 158 Å². The first kappa shape index (κ1) is 33.2. The molecule has 11 nitrogen and oxygen atoms in total. The van der Waals surface area contributed by atoms with E-state index in [9.17, 15) is 19.7 Å². The SMILES string of the molecule is CC(C)C[C@H](NC(=O)[C@H](CCCN=C(N)N[N+](=O)[O-])CC(=O)Cc1ccccc1Cl)B1O[C@@H]2C[C@H]3C[C@H](C3(C)C)[C@]2(C)O1. The van der Waals surface area contributed by atoms with E-state index >= 15 is 0 Å². The number of halogens is 1. The summed E-state index contributed by atoms with van der Waals surface area (Å²) in [7, 11) is -0.575. The summed E-state index contributed by atoms with van der Waals surface area (Å²) in [6.45, 7) is 11.1. The lowest BCUT2D eigenvalue weighted by atomic mass is 9.43. The van der Waals surface area contributed by atoms with Gasteiger partial charge < -0.3 is 20.4 Å². The van der Waals surface area contributed by atoms with Crippen LogP contribution in [-0.4, -0.2) is 54.0 Å². The maximum absolute atomic E-state index is 13.8. The van der Waals surface area contributed by atoms with E-state index in [2.05, 4.69) is 44.9 Å². The molecule has 1 aromatic carbocycles. The maximum Gasteiger partial charge on any atom is 0.481 e. The van der Waals surface area contributed by atoms with Gasteiger partial charge in [-0.3, -0.25) is 9.59 Å². The van der Waals surface area contributed by atoms with E-state index < -0.39 is 23.7 Å². The zero-order valence-electron chi connectivity index (χ0n) is 25.8. The minimum Gasteiger partial charge on any atom is -0.404 e. The van der Waals surface area contributed by atoms with Gasteiger partial charge in [0.1, 0.15) is 5.78 Å². The number of nitrogens with one attached hydrogen (secondary N) is 2. The molecule has 4 aliphatic rings. The molecule has 1 aliphatic heterocycles. The van der Waals surface area contributed by atoms with Crippen molar-refractivity contribution < 1.29 is 23.9 Å². The van der Waals surface area contributed by atoms with E-state index in [1.165, 1.54) is 0 Å². The monoisotopic (exact) mass is 617 g/mol. The molecule has 0 spiro atoms. The number of benzene rings is 1. The van der Waals surface area contributed by atoms with Gasteiger partial charge in [0.25, 0.3) is 5.96 Å². The molecule has 1 saturated heterocycles. The first-order valence-corrected chi connectivity index (χ1v) is 15.7. The van der Waals surface area contributed by atoms with Gasteiger partial charge in [0.2, 0.25) is 5.91 Å². The molecule has 4 N–H and O–H groups in total. The number of hydrazine groups is 1. The van der Waals surface area contributed by atoms with Crippen molar-refractivity contribution >= 4 is 36.4 Å². The Morgan fingerprint density at radius 2 is 1.98 bits per heavy atom. The molecule has 0 unspecified atom stereocenters. The molecule has 1 aromatic rings. The van der Waals surface area contributed by atoms with E-state index in [4.69, 9.17) is 26.6 Å². The van der Waals surface area contributed by atoms with Crippen LogP contribution < -0.4 is 16.5 Å². The summed E-state index contributed by atoms with van der Waals surface area (Å²) in [6.07, 6.45) is 3.61. The van der Waals surface area contributed by atoms with Gasteiger partial charge in [-0.2, -0.15) is 0 Å². The lowest BCUT2D eigenvalue weighted by molar-refractivity contribution is -0.525. The summed E-state index contributed by atoms with van der Waals surface area (Å²) in [5.41, 5.74) is 7.84. The Balaban J connectivity index is 1.46. The van der Waals surface area contributed by atoms with Crippen LogP contribution in [0.15, 0.2) is 29.3 Å². The first-order chi connectivity index (χ1) is 20.2. The minimum absolute atomic E-state index is 0.00932. The lowest BCUT2D eigenvalue weighted by Gasteiger charge is -2.64. The van der Waals surface area contributed by atoms with Crippen LogP contribution in [0.25, 0.3) is 0 Å². The Labute approximate surface area is 259 Å². The molecule has 43 heavy (non-hydrogen) atoms. The van der Waals surface area contributed by atoms with Crippen molar-refractivity contribution in [3.63, 3.8) is 0 Å². The predicted molar refractivity (Wildman–Crippen MR) is 166 cm³/mol. The number of amides is 1. The number of nitrogens with two attached hydrogens (primary N) is 1. The Morgan fingerprint density at radius 3 is 2.63 bits per heavy atom. The molecule has 0 radical (unpaired) electrons. The number of rotatable bonds is 14. The van der Waals surface area contributed by atoms with Crippen molar-refractivity contribution in [1.82, 2.24) is 10.7 Å². The van der Waals surface area contributed by atoms with Gasteiger partial charge in [-0.25, -0.2) is 15.1 Å². The van der Waals surface area contributed by atoms with Crippen LogP contribution in [0.3, 0.4) is 0 Å². The fourth-order valence-electron chi connectivity index (χ4n) is 7.31. The van der Waals surface area contributed by atoms with Crippen molar-refractivity contribution in [1.29, 1.82) is 0 Å². The fourth-order valence-corrected chi connectivity index (χ4v) is 7.51. The van der Waals surface area contributed by atoms with Crippen LogP contribution >= 0.6 is 11.6 Å². The van der Waals surface area contributed by atoms with Crippen LogP contribution in [-0.2, 0) is 25.3 Å². The van der Waals surface area contributed by atoms with Crippen LogP contribution in [0.5, 0.6) is 0 Å². The first-order valence-electron chi connectivity index (χ1n) is 15.3. The lowest BCUT2D eigenvalue weighted by Crippen LogP contribution is -2.65. The average Bonchev–Trinajstić information content (AvgIpc) is 3.27. The fraction of sp³-hybridized carbons (Fsp3) is 0.700. The highest BCUT2D eigenvalue weighted by Gasteiger charge is 2.68. The minimum atomic E-state index is -0.786. The van der Waals surface area contributed by atoms with Gasteiger partial charge >= 0.3 is 7.12 Å². The van der Waals surface area contributed by atoms with Crippen LogP contribution in [0.4, 0.5) is 0 Å². The molecule has 0 aromatic heterocycles. The number of aliphatic imine (C=N–C) groups is 1. The Morgan fingerprint density at radius 1 is 1.26 bits per heavy atom. The van der Waals surface area contributed by atoms with E-state index in [1.807, 2.05) is 6.07 Å². The Kier molecular flexibility index (Phi) is 10.4. The van der Waals surface area contributed by atoms with Crippen molar-refractivity contribution in [2.75, 3.05) is 6.54 Å². The summed E-state index contributed by atoms with van der Waals surface area (Å²) >= 11 is 6.28. The number of carbonyl (C=O) groups excluding carboxylic acids is 2. The van der Waals surface area contributed by atoms with Gasteiger partial charge in [-0.15, -0.1) is 0 Å². The number of hydrogen-bond acceptors (Lipinski definition) is 7. The zero-order chi connectivity index (χ0) is 31.5. The van der Waals surface area contributed by atoms with Gasteiger partial charge in [0, 0.05) is 30.3 Å². The standard InChI is InChI=1S/C30H45BClN5O6/c1-18(2)13-26(31-42-25-17-21-16-24(29(21,3)4)30(25,5)43-31)35-27(39)20(10-8-12-34-28(33)36-37(40)41)15-22(38)14-19-9-6-7-11-23(19)32/h6-7,9,11,18,20-21,24-26H,8,10,12-17H2,1-5H3,(H,35,39)(H3,33,34,36)/t20-,21-,24-,25-,26+,30+/m1/s1. The molecule has 6 atom stereocenters. The molecule has 3 aliphatic carbocycles. The van der Waals surface area contributed by atoms with Gasteiger partial charge in [0.05, 0.1) is 17.6 Å². The van der Waals surface area contributed by atoms with E-state index in [0.717, 1.165) is 12.8 Å². The second-order valence-electron chi connectivity index (χ2n) is 13.6. The summed E-state index contributed by atoms with van der Waals surface area (Å²) in [6, 6.07) is 7.15. The summed E-state index contributed by atoms with van der Waals surface area (Å²) in [5.74, 6) is -0.422. The van der Waals surface area contributed by atoms with Crippen LogP contribution in [0.1, 0.15) is 78.7 Å². The molecule has 1 amide bonds. The number of nitro groups is 1. The van der Waals surface area contributed by atoms with Crippen molar-refractivity contribution in [3.8, 4) is 0 Å². The third-order valence-corrected chi connectivity index (χ3v) is 10.1. The number of guanidine groups is 1. The second kappa shape index (κ2) is 13.5. The molecule has 236 valence electrons. The Bertz CT molecular complexity index is 1230. The molecule has 2 bridgehead atoms. The van der Waals surface area contributed by atoms with Crippen molar-refractivity contribution in [3.05, 3.63) is 45.0 Å². The van der Waals surface area contributed by atoms with Crippen LogP contribution in [0, 0.1) is 39.2 Å². The molecular weight excluding hydrogens is 573 g/mol. The number of ketones is 1. The second-order valence-corrected chi connectivity index (χ2v) is 14.0. The maximum atomic E-state index is 13.8. The van der Waals surface area contributed by atoms with E-state index in [0.29, 0.717) is 41.7 Å². The highest BCUT2D eigenvalue weighted by molar-refractivity contribution is 6.47. The number of hydrogen-bond donors (Lipinski definition) is 3. The van der Waals surface area contributed by atoms with Gasteiger partial charge in [-0.05, 0) is 73.8 Å². The molecule has 5 rings (SSSR count). The number of Topliss-reactive ketones (excluding diaryl/α,β-unsaturated/α-hetero) is 1. The average molecular weight is 618 g/mol. The van der Waals surface area contributed by atoms with Gasteiger partial charge in [0.15, 0.2) is 5.03 Å². The van der Waals surface area contributed by atoms with Gasteiger partial charge in [-0.1, -0.05) is 62.9 Å². The summed E-state index contributed by atoms with van der Waals surface area (Å²) in [4.78, 5) is 41.5. The predicted octanol–water partition coefficient (Wildman–Crippen LogP) is 4.13. The normalized spacial score (nSPS) is 27.2. The molecule has 4 fully saturated rings. The zero-order valence-corrected chi connectivity index (χ0v) is 26.6. The van der Waals surface area contributed by atoms with E-state index in [-0.39, 0.29) is 60.4 Å². The number of carbonyl (C=O) groups is 2.